The molecule has 11 heteroatoms. The van der Waals surface area contributed by atoms with E-state index in [4.69, 9.17) is 10.7 Å². The van der Waals surface area contributed by atoms with E-state index in [2.05, 4.69) is 21.1 Å². The van der Waals surface area contributed by atoms with E-state index >= 15 is 0 Å². The van der Waals surface area contributed by atoms with Gasteiger partial charge in [-0.15, -0.1) is 0 Å². The predicted molar refractivity (Wildman–Crippen MR) is 145 cm³/mol. The van der Waals surface area contributed by atoms with Gasteiger partial charge in [0.2, 0.25) is 0 Å². The zero-order valence-electron chi connectivity index (χ0n) is 21.9. The molecular formula is C29H30F3N7O. The Kier molecular flexibility index (Phi) is 7.72. The number of carbonyl (C=O) groups excluding carboxylic acids is 1. The van der Waals surface area contributed by atoms with Crippen LogP contribution in [0.3, 0.4) is 0 Å². The number of hydrogen-bond acceptors (Lipinski definition) is 7. The molecule has 1 aliphatic carbocycles. The van der Waals surface area contributed by atoms with Gasteiger partial charge in [0.25, 0.3) is 0 Å². The molecule has 1 aromatic carbocycles. The predicted octanol–water partition coefficient (Wildman–Crippen LogP) is 4.60. The first kappa shape index (κ1) is 27.5. The summed E-state index contributed by atoms with van der Waals surface area (Å²) in [6.07, 6.45) is 3.31. The molecule has 40 heavy (non-hydrogen) atoms. The summed E-state index contributed by atoms with van der Waals surface area (Å²) in [7, 11) is 0. The normalized spacial score (nSPS) is 17.7. The Balaban J connectivity index is 1.30. The van der Waals surface area contributed by atoms with Crippen molar-refractivity contribution in [3.8, 4) is 17.3 Å². The fourth-order valence-electron chi connectivity index (χ4n) is 5.06. The van der Waals surface area contributed by atoms with Crippen LogP contribution in [-0.2, 0) is 11.2 Å². The number of allylic oxidation sites excluding steroid dienone is 1. The van der Waals surface area contributed by atoms with Crippen LogP contribution in [0.5, 0.6) is 0 Å². The van der Waals surface area contributed by atoms with Crippen LogP contribution in [-0.4, -0.2) is 62.8 Å². The molecule has 2 fully saturated rings. The second-order valence-electron chi connectivity index (χ2n) is 10.7. The van der Waals surface area contributed by atoms with E-state index in [-0.39, 0.29) is 6.42 Å². The van der Waals surface area contributed by atoms with Crippen LogP contribution in [0.25, 0.3) is 22.5 Å². The first-order valence-corrected chi connectivity index (χ1v) is 13.3. The van der Waals surface area contributed by atoms with Crippen molar-refractivity contribution in [2.24, 2.45) is 16.6 Å². The molecule has 3 aromatic rings. The third-order valence-electron chi connectivity index (χ3n) is 7.32. The van der Waals surface area contributed by atoms with Crippen molar-refractivity contribution < 1.29 is 18.0 Å². The molecule has 0 atom stereocenters. The van der Waals surface area contributed by atoms with Crippen molar-refractivity contribution in [1.29, 1.82) is 5.26 Å². The van der Waals surface area contributed by atoms with Crippen LogP contribution < -0.4 is 5.73 Å². The maximum absolute atomic E-state index is 12.5. The topological polar surface area (TPSA) is 113 Å². The van der Waals surface area contributed by atoms with Gasteiger partial charge in [-0.1, -0.05) is 18.2 Å². The summed E-state index contributed by atoms with van der Waals surface area (Å²) >= 11 is 0. The smallest absolute Gasteiger partial charge is 0.389 e. The number of imidazole rings is 1. The van der Waals surface area contributed by atoms with Gasteiger partial charge in [-0.3, -0.25) is 14.7 Å². The molecular weight excluding hydrogens is 519 g/mol. The van der Waals surface area contributed by atoms with Crippen molar-refractivity contribution in [2.45, 2.75) is 50.2 Å². The molecule has 5 rings (SSSR count). The fourth-order valence-corrected chi connectivity index (χ4v) is 5.06. The van der Waals surface area contributed by atoms with Crippen LogP contribution in [0, 0.1) is 17.2 Å². The molecule has 0 radical (unpaired) electrons. The highest BCUT2D eigenvalue weighted by atomic mass is 19.4. The quantitative estimate of drug-likeness (QED) is 0.350. The van der Waals surface area contributed by atoms with Crippen LogP contribution in [0.1, 0.15) is 43.2 Å². The maximum Gasteiger partial charge on any atom is 0.389 e. The molecule has 208 valence electrons. The first-order valence-electron chi connectivity index (χ1n) is 13.3. The summed E-state index contributed by atoms with van der Waals surface area (Å²) in [5, 5.41) is 13.9. The molecule has 1 saturated heterocycles. The number of nitriles is 1. The summed E-state index contributed by atoms with van der Waals surface area (Å²) in [6.45, 7) is 2.60. The monoisotopic (exact) mass is 549 g/mol. The van der Waals surface area contributed by atoms with Crippen LogP contribution in [0.15, 0.2) is 53.9 Å². The summed E-state index contributed by atoms with van der Waals surface area (Å²) in [4.78, 5) is 23.7. The Hall–Kier alpha value is -4.04. The van der Waals surface area contributed by atoms with Gasteiger partial charge in [0, 0.05) is 61.6 Å². The summed E-state index contributed by atoms with van der Waals surface area (Å²) in [6, 6.07) is 11.2. The van der Waals surface area contributed by atoms with E-state index in [1.54, 1.807) is 41.3 Å². The van der Waals surface area contributed by atoms with E-state index in [9.17, 15) is 23.2 Å². The van der Waals surface area contributed by atoms with Gasteiger partial charge in [-0.2, -0.15) is 23.5 Å². The Labute approximate surface area is 230 Å². The van der Waals surface area contributed by atoms with E-state index < -0.39 is 30.3 Å². The number of fused-ring (bicyclic) bond motifs is 1. The molecule has 0 amide bonds. The van der Waals surface area contributed by atoms with Gasteiger partial charge in [0.15, 0.2) is 5.65 Å². The molecule has 2 N–H and O–H groups in total. The molecule has 1 saturated carbocycles. The number of aromatic nitrogens is 3. The second-order valence-corrected chi connectivity index (χ2v) is 10.7. The zero-order valence-corrected chi connectivity index (χ0v) is 21.9. The van der Waals surface area contributed by atoms with E-state index in [1.165, 1.54) is 19.0 Å². The number of benzene rings is 1. The van der Waals surface area contributed by atoms with Crippen LogP contribution in [0.2, 0.25) is 0 Å². The Morgan fingerprint density at radius 3 is 2.75 bits per heavy atom. The van der Waals surface area contributed by atoms with E-state index in [0.717, 1.165) is 36.7 Å². The van der Waals surface area contributed by atoms with Gasteiger partial charge in [0.1, 0.15) is 5.78 Å². The van der Waals surface area contributed by atoms with E-state index in [1.807, 2.05) is 12.1 Å². The molecule has 0 bridgehead atoms. The third-order valence-corrected chi connectivity index (χ3v) is 7.32. The highest BCUT2D eigenvalue weighted by molar-refractivity contribution is 6.10. The standard InChI is InChI=1S/C29H30F3N7O/c30-29(31,32)7-6-25(40)11-21-2-1-3-22(10-21)26-16-35-27-12-23(15-37-39(26)27)24(13-34)14-36-28(8-9-33)18-38(19-28)17-20-4-5-20/h1-3,10,12-16,20H,4-8,11,17-19,34H2. The number of nitrogens with zero attached hydrogens (tertiary/aromatic N) is 6. The van der Waals surface area contributed by atoms with Crippen LogP contribution in [0.4, 0.5) is 13.2 Å². The maximum atomic E-state index is 12.5. The minimum atomic E-state index is -4.35. The summed E-state index contributed by atoms with van der Waals surface area (Å²) in [5.41, 5.74) is 9.51. The highest BCUT2D eigenvalue weighted by Crippen LogP contribution is 2.36. The van der Waals surface area contributed by atoms with Crippen molar-refractivity contribution in [3.05, 3.63) is 60.1 Å². The summed E-state index contributed by atoms with van der Waals surface area (Å²) < 4.78 is 39.0. The molecule has 0 unspecified atom stereocenters. The number of halogens is 3. The Morgan fingerprint density at radius 2 is 2.05 bits per heavy atom. The van der Waals surface area contributed by atoms with E-state index in [0.29, 0.717) is 28.9 Å². The molecule has 2 aromatic heterocycles. The number of alkyl halides is 3. The number of hydrogen-bond donors (Lipinski definition) is 1. The Morgan fingerprint density at radius 1 is 1.25 bits per heavy atom. The largest absolute Gasteiger partial charge is 0.404 e. The van der Waals surface area contributed by atoms with Gasteiger partial charge >= 0.3 is 6.18 Å². The van der Waals surface area contributed by atoms with Crippen molar-refractivity contribution in [2.75, 3.05) is 19.6 Å². The lowest BCUT2D eigenvalue weighted by molar-refractivity contribution is -0.143. The number of ketones is 1. The van der Waals surface area contributed by atoms with Crippen molar-refractivity contribution in [1.82, 2.24) is 19.5 Å². The van der Waals surface area contributed by atoms with Crippen molar-refractivity contribution >= 4 is 23.2 Å². The SMILES string of the molecule is N#CCC1(N=CC(=CN)c2cnn3c(-c4cccc(CC(=O)CCC(F)(F)F)c4)cnc3c2)CN(CC2CC2)C1. The van der Waals surface area contributed by atoms with Gasteiger partial charge in [-0.25, -0.2) is 9.50 Å². The highest BCUT2D eigenvalue weighted by Gasteiger charge is 2.44. The number of aliphatic imine (C=N–C) groups is 1. The lowest BCUT2D eigenvalue weighted by atomic mass is 9.87. The molecule has 8 nitrogen and oxygen atoms in total. The second kappa shape index (κ2) is 11.2. The minimum absolute atomic E-state index is 0.0755. The zero-order chi connectivity index (χ0) is 28.3. The molecule has 0 spiro atoms. The van der Waals surface area contributed by atoms with Crippen molar-refractivity contribution in [3.63, 3.8) is 0 Å². The average molecular weight is 550 g/mol. The minimum Gasteiger partial charge on any atom is -0.404 e. The molecule has 3 heterocycles. The third kappa shape index (κ3) is 6.57. The molecule has 1 aliphatic heterocycles. The lowest BCUT2D eigenvalue weighted by Crippen LogP contribution is -2.60. The number of likely N-dealkylation sites (tertiary alicyclic amines) is 1. The van der Waals surface area contributed by atoms with Gasteiger partial charge in [0.05, 0.1) is 42.5 Å². The number of Topliss-reactive ketones (excluding diaryl/α,β-unsaturated/α-hetero) is 1. The molecule has 2 aliphatic rings. The number of carbonyl (C=O) groups is 1. The van der Waals surface area contributed by atoms with Crippen LogP contribution >= 0.6 is 0 Å². The summed E-state index contributed by atoms with van der Waals surface area (Å²) in [5.74, 6) is 0.321. The number of rotatable bonds is 11. The lowest BCUT2D eigenvalue weighted by Gasteiger charge is -2.46. The van der Waals surface area contributed by atoms with Gasteiger partial charge < -0.3 is 5.73 Å². The number of nitrogens with two attached hydrogens (primary N) is 1. The first-order chi connectivity index (χ1) is 19.2. The van der Waals surface area contributed by atoms with Gasteiger partial charge in [-0.05, 0) is 36.5 Å². The fraction of sp³-hybridized carbons (Fsp3) is 0.414. The average Bonchev–Trinajstić information content (AvgIpc) is 3.62. The Bertz CT molecular complexity index is 1490.